The number of aromatic amines is 1. The van der Waals surface area contributed by atoms with E-state index in [1.54, 1.807) is 31.6 Å². The molecule has 0 spiro atoms. The van der Waals surface area contributed by atoms with Crippen LogP contribution < -0.4 is 4.74 Å². The zero-order chi connectivity index (χ0) is 20.2. The van der Waals surface area contributed by atoms with Gasteiger partial charge >= 0.3 is 0 Å². The summed E-state index contributed by atoms with van der Waals surface area (Å²) in [5.74, 6) is 1.42. The molecule has 29 heavy (non-hydrogen) atoms. The van der Waals surface area contributed by atoms with Gasteiger partial charge < -0.3 is 14.5 Å². The smallest absolute Gasteiger partial charge is 0.270 e. The Kier molecular flexibility index (Phi) is 5.22. The van der Waals surface area contributed by atoms with Crippen LogP contribution in [0.2, 0.25) is 0 Å². The normalized spacial score (nSPS) is 10.9. The van der Waals surface area contributed by atoms with Crippen molar-refractivity contribution in [1.82, 2.24) is 9.97 Å². The number of rotatable bonds is 7. The molecule has 0 saturated carbocycles. The monoisotopic (exact) mass is 389 g/mol. The highest BCUT2D eigenvalue weighted by Crippen LogP contribution is 2.35. The molecule has 0 unspecified atom stereocenters. The number of fused-ring (bicyclic) bond motifs is 1. The van der Waals surface area contributed by atoms with Gasteiger partial charge in [0.1, 0.15) is 18.2 Å². The summed E-state index contributed by atoms with van der Waals surface area (Å²) in [6.45, 7) is 0.919. The van der Waals surface area contributed by atoms with Crippen molar-refractivity contribution in [2.45, 2.75) is 0 Å². The zero-order valence-corrected chi connectivity index (χ0v) is 15.8. The largest absolute Gasteiger partial charge is 0.490 e. The molecular weight excluding hydrogens is 370 g/mol. The van der Waals surface area contributed by atoms with E-state index in [1.165, 1.54) is 6.07 Å². The third-order valence-corrected chi connectivity index (χ3v) is 4.63. The van der Waals surface area contributed by atoms with E-state index in [-0.39, 0.29) is 10.6 Å². The molecular formula is C22H19N3O4. The van der Waals surface area contributed by atoms with Crippen molar-refractivity contribution in [3.8, 4) is 28.3 Å². The van der Waals surface area contributed by atoms with Crippen molar-refractivity contribution in [1.29, 1.82) is 0 Å². The van der Waals surface area contributed by atoms with E-state index in [2.05, 4.69) is 9.97 Å². The minimum absolute atomic E-state index is 0.0702. The molecule has 4 aromatic rings. The number of benzene rings is 3. The van der Waals surface area contributed by atoms with E-state index >= 15 is 0 Å². The molecule has 0 fully saturated rings. The predicted octanol–water partition coefficient (Wildman–Crippen LogP) is 4.83. The lowest BCUT2D eigenvalue weighted by atomic mass is 9.99. The van der Waals surface area contributed by atoms with Gasteiger partial charge in [-0.05, 0) is 40.1 Å². The fourth-order valence-corrected chi connectivity index (χ4v) is 3.21. The average Bonchev–Trinajstić information content (AvgIpc) is 3.28. The van der Waals surface area contributed by atoms with Crippen LogP contribution in [0.3, 0.4) is 0 Å². The molecule has 7 heteroatoms. The molecule has 0 aliphatic heterocycles. The van der Waals surface area contributed by atoms with Crippen molar-refractivity contribution < 1.29 is 14.4 Å². The molecule has 4 rings (SSSR count). The van der Waals surface area contributed by atoms with Crippen molar-refractivity contribution in [3.05, 3.63) is 77.1 Å². The molecule has 0 bridgehead atoms. The summed E-state index contributed by atoms with van der Waals surface area (Å²) in [6, 6.07) is 16.6. The Morgan fingerprint density at radius 2 is 1.90 bits per heavy atom. The van der Waals surface area contributed by atoms with Gasteiger partial charge in [0.25, 0.3) is 5.69 Å². The first-order chi connectivity index (χ1) is 14.2. The van der Waals surface area contributed by atoms with Crippen molar-refractivity contribution in [2.24, 2.45) is 0 Å². The van der Waals surface area contributed by atoms with Gasteiger partial charge in [-0.15, -0.1) is 0 Å². The number of nitro groups is 1. The highest BCUT2D eigenvalue weighted by atomic mass is 16.6. The van der Waals surface area contributed by atoms with Gasteiger partial charge in [0.2, 0.25) is 0 Å². The maximum atomic E-state index is 11.1. The van der Waals surface area contributed by atoms with E-state index in [1.807, 2.05) is 36.4 Å². The van der Waals surface area contributed by atoms with Gasteiger partial charge in [-0.1, -0.05) is 24.3 Å². The summed E-state index contributed by atoms with van der Waals surface area (Å²) in [7, 11) is 1.63. The van der Waals surface area contributed by atoms with Gasteiger partial charge in [0.15, 0.2) is 0 Å². The molecule has 1 heterocycles. The predicted molar refractivity (Wildman–Crippen MR) is 111 cm³/mol. The zero-order valence-electron chi connectivity index (χ0n) is 15.8. The SMILES string of the molecule is COCCOc1cc2ccc(-c3cccc([N+](=O)[O-])c3)cc2cc1-c1ncc[nH]1. The average molecular weight is 389 g/mol. The van der Waals surface area contributed by atoms with Gasteiger partial charge in [0, 0.05) is 31.6 Å². The van der Waals surface area contributed by atoms with Gasteiger partial charge in [-0.2, -0.15) is 0 Å². The summed E-state index contributed by atoms with van der Waals surface area (Å²) in [5, 5.41) is 13.1. The second kappa shape index (κ2) is 8.12. The number of ether oxygens (including phenoxy) is 2. The summed E-state index contributed by atoms with van der Waals surface area (Å²) in [4.78, 5) is 18.2. The standard InChI is InChI=1S/C22H19N3O4/c1-28-9-10-29-21-14-17-6-5-16(15-3-2-4-19(12-15)25(26)27)11-18(17)13-20(21)22-23-7-8-24-22/h2-8,11-14H,9-10H2,1H3,(H,23,24). The number of non-ortho nitro benzene ring substituents is 1. The van der Waals surface area contributed by atoms with E-state index in [0.717, 1.165) is 27.5 Å². The van der Waals surface area contributed by atoms with Crippen LogP contribution in [-0.2, 0) is 4.74 Å². The van der Waals surface area contributed by atoms with Crippen LogP contribution in [0, 0.1) is 10.1 Å². The minimum Gasteiger partial charge on any atom is -0.490 e. The highest BCUT2D eigenvalue weighted by molar-refractivity contribution is 5.92. The number of nitrogens with zero attached hydrogens (tertiary/aromatic N) is 2. The number of methoxy groups -OCH3 is 1. The fourth-order valence-electron chi connectivity index (χ4n) is 3.21. The van der Waals surface area contributed by atoms with Crippen LogP contribution in [-0.4, -0.2) is 35.2 Å². The quantitative estimate of drug-likeness (QED) is 0.278. The Balaban J connectivity index is 1.79. The number of H-pyrrole nitrogens is 1. The maximum absolute atomic E-state index is 11.1. The summed E-state index contributed by atoms with van der Waals surface area (Å²) in [6.07, 6.45) is 3.45. The first-order valence-electron chi connectivity index (χ1n) is 9.10. The first kappa shape index (κ1) is 18.6. The minimum atomic E-state index is -0.386. The summed E-state index contributed by atoms with van der Waals surface area (Å²) in [5.41, 5.74) is 2.61. The lowest BCUT2D eigenvalue weighted by molar-refractivity contribution is -0.384. The van der Waals surface area contributed by atoms with Crippen LogP contribution in [0.5, 0.6) is 5.75 Å². The number of nitrogens with one attached hydrogen (secondary N) is 1. The second-order valence-corrected chi connectivity index (χ2v) is 6.50. The van der Waals surface area contributed by atoms with Crippen LogP contribution in [0.15, 0.2) is 67.0 Å². The topological polar surface area (TPSA) is 90.3 Å². The Labute approximate surface area is 167 Å². The van der Waals surface area contributed by atoms with Crippen molar-refractivity contribution in [3.63, 3.8) is 0 Å². The van der Waals surface area contributed by atoms with Crippen molar-refractivity contribution >= 4 is 16.5 Å². The van der Waals surface area contributed by atoms with Crippen LogP contribution in [0.4, 0.5) is 5.69 Å². The molecule has 0 atom stereocenters. The molecule has 0 aliphatic rings. The van der Waals surface area contributed by atoms with E-state index < -0.39 is 0 Å². The summed E-state index contributed by atoms with van der Waals surface area (Å²) >= 11 is 0. The molecule has 0 radical (unpaired) electrons. The summed E-state index contributed by atoms with van der Waals surface area (Å²) < 4.78 is 11.0. The maximum Gasteiger partial charge on any atom is 0.270 e. The molecule has 146 valence electrons. The van der Waals surface area contributed by atoms with Gasteiger partial charge in [-0.3, -0.25) is 10.1 Å². The number of hydrogen-bond acceptors (Lipinski definition) is 5. The third-order valence-electron chi connectivity index (χ3n) is 4.63. The molecule has 0 aliphatic carbocycles. The first-order valence-corrected chi connectivity index (χ1v) is 9.10. The lowest BCUT2D eigenvalue weighted by Gasteiger charge is -2.13. The van der Waals surface area contributed by atoms with Crippen LogP contribution in [0.1, 0.15) is 0 Å². The Morgan fingerprint density at radius 3 is 2.66 bits per heavy atom. The fraction of sp³-hybridized carbons (Fsp3) is 0.136. The molecule has 1 aromatic heterocycles. The number of nitro benzene ring substituents is 1. The molecule has 7 nitrogen and oxygen atoms in total. The van der Waals surface area contributed by atoms with E-state index in [0.29, 0.717) is 24.8 Å². The Morgan fingerprint density at radius 1 is 1.03 bits per heavy atom. The Hall–Kier alpha value is -3.71. The molecule has 1 N–H and O–H groups in total. The molecule has 3 aromatic carbocycles. The molecule has 0 saturated heterocycles. The van der Waals surface area contributed by atoms with E-state index in [4.69, 9.17) is 9.47 Å². The highest BCUT2D eigenvalue weighted by Gasteiger charge is 2.13. The van der Waals surface area contributed by atoms with Crippen LogP contribution in [0.25, 0.3) is 33.3 Å². The number of hydrogen-bond donors (Lipinski definition) is 1. The number of aromatic nitrogens is 2. The second-order valence-electron chi connectivity index (χ2n) is 6.50. The third kappa shape index (κ3) is 3.95. The lowest BCUT2D eigenvalue weighted by Crippen LogP contribution is -2.05. The van der Waals surface area contributed by atoms with Crippen LogP contribution >= 0.6 is 0 Å². The van der Waals surface area contributed by atoms with E-state index in [9.17, 15) is 10.1 Å². The number of imidazole rings is 1. The molecule has 0 amide bonds. The van der Waals surface area contributed by atoms with Gasteiger partial charge in [0.05, 0.1) is 17.1 Å². The van der Waals surface area contributed by atoms with Crippen molar-refractivity contribution in [2.75, 3.05) is 20.3 Å². The Bertz CT molecular complexity index is 1160. The van der Waals surface area contributed by atoms with Gasteiger partial charge in [-0.25, -0.2) is 4.98 Å².